The average molecular weight is 442 g/mol. The van der Waals surface area contributed by atoms with Crippen LogP contribution in [0.5, 0.6) is 11.5 Å². The molecule has 1 fully saturated rings. The summed E-state index contributed by atoms with van der Waals surface area (Å²) in [5.41, 5.74) is 0.999. The van der Waals surface area contributed by atoms with Gasteiger partial charge in [-0.1, -0.05) is 12.1 Å². The number of hydrogen-bond donors (Lipinski definition) is 1. The van der Waals surface area contributed by atoms with Gasteiger partial charge in [-0.05, 0) is 43.2 Å². The van der Waals surface area contributed by atoms with Gasteiger partial charge in [0.05, 0.1) is 19.7 Å². The van der Waals surface area contributed by atoms with Crippen molar-refractivity contribution in [3.63, 3.8) is 0 Å². The number of likely N-dealkylation sites (tertiary alicyclic amines) is 1. The lowest BCUT2D eigenvalue weighted by Crippen LogP contribution is -2.42. The number of carbonyl (C=O) groups excluding carboxylic acids is 1. The number of nitrogens with zero attached hydrogens (tertiary/aromatic N) is 3. The highest BCUT2D eigenvalue weighted by Gasteiger charge is 2.25. The van der Waals surface area contributed by atoms with E-state index < -0.39 is 12.2 Å². The van der Waals surface area contributed by atoms with Crippen LogP contribution in [0.2, 0.25) is 0 Å². The molecule has 0 radical (unpaired) electrons. The van der Waals surface area contributed by atoms with E-state index in [9.17, 15) is 13.6 Å². The molecule has 9 heteroatoms. The molecule has 1 saturated heterocycles. The van der Waals surface area contributed by atoms with Crippen LogP contribution in [0.15, 0.2) is 42.5 Å². The van der Waals surface area contributed by atoms with Gasteiger partial charge >= 0.3 is 0 Å². The van der Waals surface area contributed by atoms with Gasteiger partial charge in [-0.15, -0.1) is 0 Å². The second-order valence-electron chi connectivity index (χ2n) is 7.53. The lowest BCUT2D eigenvalue weighted by atomic mass is 10.0. The third-order valence-corrected chi connectivity index (χ3v) is 5.57. The highest BCUT2D eigenvalue weighted by atomic mass is 19.3. The van der Waals surface area contributed by atoms with Gasteiger partial charge in [0, 0.05) is 30.1 Å². The summed E-state index contributed by atoms with van der Waals surface area (Å²) in [5.74, 6) is 0.882. The summed E-state index contributed by atoms with van der Waals surface area (Å²) in [6, 6.07) is 12.2. The Morgan fingerprint density at radius 2 is 1.78 bits per heavy atom. The zero-order chi connectivity index (χ0) is 22.7. The summed E-state index contributed by atoms with van der Waals surface area (Å²) < 4.78 is 37.0. The number of anilines is 1. The Balaban J connectivity index is 1.45. The first-order valence-corrected chi connectivity index (χ1v) is 10.3. The van der Waals surface area contributed by atoms with Gasteiger partial charge in [0.2, 0.25) is 0 Å². The fraction of sp³-hybridized carbons (Fsp3) is 0.348. The Morgan fingerprint density at radius 1 is 1.06 bits per heavy atom. The van der Waals surface area contributed by atoms with E-state index in [2.05, 4.69) is 15.3 Å². The predicted octanol–water partition coefficient (Wildman–Crippen LogP) is 4.30. The quantitative estimate of drug-likeness (QED) is 0.613. The minimum atomic E-state index is -2.75. The SMILES string of the molecule is COc1ccc(C(=O)N2CCC(Nc3nc(C(F)F)nc4ccccc34)CC2)cc1OC. The first-order valence-electron chi connectivity index (χ1n) is 10.3. The Bertz CT molecular complexity index is 1120. The number of amides is 1. The van der Waals surface area contributed by atoms with E-state index in [1.165, 1.54) is 7.11 Å². The van der Waals surface area contributed by atoms with Crippen molar-refractivity contribution >= 4 is 22.6 Å². The van der Waals surface area contributed by atoms with Crippen LogP contribution in [0, 0.1) is 0 Å². The Morgan fingerprint density at radius 3 is 2.47 bits per heavy atom. The molecular weight excluding hydrogens is 418 g/mol. The zero-order valence-electron chi connectivity index (χ0n) is 17.8. The molecule has 2 aromatic carbocycles. The normalized spacial score (nSPS) is 14.6. The van der Waals surface area contributed by atoms with E-state index in [1.54, 1.807) is 42.3 Å². The van der Waals surface area contributed by atoms with Crippen LogP contribution >= 0.6 is 0 Å². The number of methoxy groups -OCH3 is 2. The van der Waals surface area contributed by atoms with Crippen LogP contribution in [-0.2, 0) is 0 Å². The molecule has 2 heterocycles. The van der Waals surface area contributed by atoms with Crippen molar-refractivity contribution in [2.75, 3.05) is 32.6 Å². The van der Waals surface area contributed by atoms with Crippen LogP contribution in [0.25, 0.3) is 10.9 Å². The highest BCUT2D eigenvalue weighted by molar-refractivity contribution is 5.95. The molecule has 32 heavy (non-hydrogen) atoms. The molecule has 1 amide bonds. The van der Waals surface area contributed by atoms with Crippen LogP contribution in [0.3, 0.4) is 0 Å². The monoisotopic (exact) mass is 442 g/mol. The number of para-hydroxylation sites is 1. The minimum Gasteiger partial charge on any atom is -0.493 e. The van der Waals surface area contributed by atoms with Crippen molar-refractivity contribution < 1.29 is 23.0 Å². The largest absolute Gasteiger partial charge is 0.493 e. The Kier molecular flexibility index (Phi) is 6.34. The van der Waals surface area contributed by atoms with Gasteiger partial charge in [0.15, 0.2) is 17.3 Å². The van der Waals surface area contributed by atoms with Gasteiger partial charge in [-0.25, -0.2) is 18.7 Å². The van der Waals surface area contributed by atoms with Crippen molar-refractivity contribution in [1.82, 2.24) is 14.9 Å². The molecule has 0 saturated carbocycles. The minimum absolute atomic E-state index is 0.00767. The number of hydrogen-bond acceptors (Lipinski definition) is 6. The first-order chi connectivity index (χ1) is 15.5. The fourth-order valence-electron chi connectivity index (χ4n) is 3.87. The molecule has 168 valence electrons. The maximum atomic E-state index is 13.2. The molecule has 7 nitrogen and oxygen atoms in total. The smallest absolute Gasteiger partial charge is 0.297 e. The van der Waals surface area contributed by atoms with Crippen LogP contribution < -0.4 is 14.8 Å². The van der Waals surface area contributed by atoms with Crippen molar-refractivity contribution in [1.29, 1.82) is 0 Å². The number of aromatic nitrogens is 2. The summed E-state index contributed by atoms with van der Waals surface area (Å²) in [6.45, 7) is 1.07. The molecule has 1 N–H and O–H groups in total. The molecular formula is C23H24F2N4O3. The fourth-order valence-corrected chi connectivity index (χ4v) is 3.87. The van der Waals surface area contributed by atoms with E-state index >= 15 is 0 Å². The summed E-state index contributed by atoms with van der Waals surface area (Å²) in [4.78, 5) is 22.7. The summed E-state index contributed by atoms with van der Waals surface area (Å²) in [5, 5.41) is 3.99. The van der Waals surface area contributed by atoms with Crippen molar-refractivity contribution in [2.24, 2.45) is 0 Å². The average Bonchev–Trinajstić information content (AvgIpc) is 2.83. The van der Waals surface area contributed by atoms with E-state index in [0.29, 0.717) is 59.7 Å². The topological polar surface area (TPSA) is 76.6 Å². The number of benzene rings is 2. The highest BCUT2D eigenvalue weighted by Crippen LogP contribution is 2.29. The van der Waals surface area contributed by atoms with Gasteiger partial charge in [0.25, 0.3) is 12.3 Å². The first kappa shape index (κ1) is 21.7. The molecule has 1 aliphatic rings. The summed E-state index contributed by atoms with van der Waals surface area (Å²) in [7, 11) is 3.07. The Hall–Kier alpha value is -3.49. The predicted molar refractivity (Wildman–Crippen MR) is 117 cm³/mol. The molecule has 1 aliphatic heterocycles. The van der Waals surface area contributed by atoms with Crippen molar-refractivity contribution in [2.45, 2.75) is 25.3 Å². The third-order valence-electron chi connectivity index (χ3n) is 5.57. The standard InChI is InChI=1S/C23H24F2N4O3/c1-31-18-8-7-14(13-19(18)32-2)23(30)29-11-9-15(10-12-29)26-21-16-5-3-4-6-17(16)27-22(28-21)20(24)25/h3-8,13,15,20H,9-12H2,1-2H3,(H,26,27,28). The van der Waals surface area contributed by atoms with Crippen LogP contribution in [-0.4, -0.2) is 54.1 Å². The number of nitrogens with one attached hydrogen (secondary N) is 1. The number of rotatable bonds is 6. The third kappa shape index (κ3) is 4.42. The van der Waals surface area contributed by atoms with Gasteiger partial charge < -0.3 is 19.7 Å². The number of piperidine rings is 1. The van der Waals surface area contributed by atoms with Crippen molar-refractivity contribution in [3.05, 3.63) is 53.9 Å². The van der Waals surface area contributed by atoms with Gasteiger partial charge in [-0.3, -0.25) is 4.79 Å². The second kappa shape index (κ2) is 9.33. The van der Waals surface area contributed by atoms with E-state index in [1.807, 2.05) is 12.1 Å². The molecule has 4 rings (SSSR count). The number of alkyl halides is 2. The molecule has 0 unspecified atom stereocenters. The lowest BCUT2D eigenvalue weighted by Gasteiger charge is -2.33. The zero-order valence-corrected chi connectivity index (χ0v) is 17.8. The Labute approximate surface area is 184 Å². The molecule has 1 aromatic heterocycles. The lowest BCUT2D eigenvalue weighted by molar-refractivity contribution is 0.0718. The molecule has 0 aliphatic carbocycles. The van der Waals surface area contributed by atoms with Crippen LogP contribution in [0.1, 0.15) is 35.4 Å². The summed E-state index contributed by atoms with van der Waals surface area (Å²) >= 11 is 0. The molecule has 0 spiro atoms. The molecule has 0 atom stereocenters. The number of halogens is 2. The summed E-state index contributed by atoms with van der Waals surface area (Å²) in [6.07, 6.45) is -1.41. The number of ether oxygens (including phenoxy) is 2. The number of carbonyl (C=O) groups is 1. The van der Waals surface area contributed by atoms with Gasteiger partial charge in [-0.2, -0.15) is 0 Å². The molecule has 0 bridgehead atoms. The van der Waals surface area contributed by atoms with E-state index in [0.717, 1.165) is 0 Å². The number of fused-ring (bicyclic) bond motifs is 1. The van der Waals surface area contributed by atoms with E-state index in [-0.39, 0.29) is 11.9 Å². The second-order valence-corrected chi connectivity index (χ2v) is 7.53. The van der Waals surface area contributed by atoms with E-state index in [4.69, 9.17) is 9.47 Å². The van der Waals surface area contributed by atoms with Crippen LogP contribution in [0.4, 0.5) is 14.6 Å². The van der Waals surface area contributed by atoms with Crippen molar-refractivity contribution in [3.8, 4) is 11.5 Å². The van der Waals surface area contributed by atoms with Gasteiger partial charge in [0.1, 0.15) is 5.82 Å². The maximum absolute atomic E-state index is 13.2. The maximum Gasteiger partial charge on any atom is 0.297 e. The molecule has 3 aromatic rings.